The molecule has 1 saturated heterocycles. The van der Waals surface area contributed by atoms with Crippen LogP contribution in [0, 0.1) is 0 Å². The second-order valence-electron chi connectivity index (χ2n) is 5.05. The van der Waals surface area contributed by atoms with Crippen LogP contribution in [-0.2, 0) is 6.54 Å². The van der Waals surface area contributed by atoms with Crippen LogP contribution in [0.4, 0.5) is 0 Å². The molecule has 0 aliphatic carbocycles. The number of hydrogen-bond donors (Lipinski definition) is 1. The highest BCUT2D eigenvalue weighted by Crippen LogP contribution is 2.25. The lowest BCUT2D eigenvalue weighted by Crippen LogP contribution is -2.33. The number of piperidine rings is 1. The summed E-state index contributed by atoms with van der Waals surface area (Å²) in [6.45, 7) is 4.95. The first-order valence-corrected chi connectivity index (χ1v) is 7.45. The highest BCUT2D eigenvalue weighted by molar-refractivity contribution is 6.32. The van der Waals surface area contributed by atoms with Crippen molar-refractivity contribution in [3.8, 4) is 5.75 Å². The van der Waals surface area contributed by atoms with Gasteiger partial charge in [0.05, 0.1) is 5.02 Å². The molecule has 1 aliphatic rings. The molecule has 1 aromatic carbocycles. The summed E-state index contributed by atoms with van der Waals surface area (Å²) in [4.78, 5) is 2.47. The van der Waals surface area contributed by atoms with E-state index in [0.717, 1.165) is 18.8 Å². The summed E-state index contributed by atoms with van der Waals surface area (Å²) in [6.07, 6.45) is 4.01. The van der Waals surface area contributed by atoms with Crippen molar-refractivity contribution in [2.75, 3.05) is 33.3 Å². The summed E-state index contributed by atoms with van der Waals surface area (Å²) in [7, 11) is 1.93. The van der Waals surface area contributed by atoms with Gasteiger partial charge in [-0.2, -0.15) is 0 Å². The highest BCUT2D eigenvalue weighted by atomic mass is 35.5. The molecule has 3 nitrogen and oxygen atoms in total. The lowest BCUT2D eigenvalue weighted by molar-refractivity contribution is 0.183. The summed E-state index contributed by atoms with van der Waals surface area (Å²) in [5, 5.41) is 3.81. The standard InChI is InChI=1S/C15H23ClN2O/c1-17-12-13-5-6-15(14(16)11-13)19-10-9-18-7-3-2-4-8-18/h5-6,11,17H,2-4,7-10,12H2,1H3. The van der Waals surface area contributed by atoms with E-state index < -0.39 is 0 Å². The Hall–Kier alpha value is -0.770. The number of hydrogen-bond acceptors (Lipinski definition) is 3. The Morgan fingerprint density at radius 3 is 2.74 bits per heavy atom. The zero-order valence-corrected chi connectivity index (χ0v) is 12.4. The summed E-state index contributed by atoms with van der Waals surface area (Å²) < 4.78 is 5.78. The van der Waals surface area contributed by atoms with Crippen LogP contribution in [0.3, 0.4) is 0 Å². The van der Waals surface area contributed by atoms with E-state index in [1.165, 1.54) is 37.9 Å². The average molecular weight is 283 g/mol. The number of halogens is 1. The maximum atomic E-state index is 6.22. The third-order valence-electron chi connectivity index (χ3n) is 3.49. The Morgan fingerprint density at radius 1 is 1.26 bits per heavy atom. The van der Waals surface area contributed by atoms with Gasteiger partial charge in [0.1, 0.15) is 12.4 Å². The molecule has 0 bridgehead atoms. The first-order chi connectivity index (χ1) is 9.29. The SMILES string of the molecule is CNCc1ccc(OCCN2CCCCC2)c(Cl)c1. The van der Waals surface area contributed by atoms with E-state index in [2.05, 4.69) is 16.3 Å². The van der Waals surface area contributed by atoms with Crippen molar-refractivity contribution in [2.45, 2.75) is 25.8 Å². The maximum absolute atomic E-state index is 6.22. The summed E-state index contributed by atoms with van der Waals surface area (Å²) in [5.74, 6) is 0.790. The van der Waals surface area contributed by atoms with Crippen molar-refractivity contribution in [1.29, 1.82) is 0 Å². The van der Waals surface area contributed by atoms with Crippen LogP contribution in [0.25, 0.3) is 0 Å². The van der Waals surface area contributed by atoms with E-state index in [-0.39, 0.29) is 0 Å². The fourth-order valence-corrected chi connectivity index (χ4v) is 2.70. The fourth-order valence-electron chi connectivity index (χ4n) is 2.44. The first-order valence-electron chi connectivity index (χ1n) is 7.08. The van der Waals surface area contributed by atoms with Gasteiger partial charge in [-0.25, -0.2) is 0 Å². The third kappa shape index (κ3) is 4.68. The van der Waals surface area contributed by atoms with Crippen LogP contribution >= 0.6 is 11.6 Å². The Kier molecular flexibility index (Phi) is 5.95. The van der Waals surface area contributed by atoms with E-state index in [9.17, 15) is 0 Å². The van der Waals surface area contributed by atoms with Crippen molar-refractivity contribution in [1.82, 2.24) is 10.2 Å². The van der Waals surface area contributed by atoms with Gasteiger partial charge < -0.3 is 10.1 Å². The molecule has 0 aromatic heterocycles. The van der Waals surface area contributed by atoms with E-state index in [4.69, 9.17) is 16.3 Å². The minimum Gasteiger partial charge on any atom is -0.491 e. The molecule has 106 valence electrons. The Bertz CT molecular complexity index is 392. The number of nitrogens with zero attached hydrogens (tertiary/aromatic N) is 1. The molecule has 2 rings (SSSR count). The van der Waals surface area contributed by atoms with Gasteiger partial charge in [-0.1, -0.05) is 24.1 Å². The smallest absolute Gasteiger partial charge is 0.137 e. The van der Waals surface area contributed by atoms with E-state index >= 15 is 0 Å². The van der Waals surface area contributed by atoms with Crippen molar-refractivity contribution >= 4 is 11.6 Å². The zero-order valence-electron chi connectivity index (χ0n) is 11.6. The predicted octanol–water partition coefficient (Wildman–Crippen LogP) is 2.92. The molecule has 0 saturated carbocycles. The summed E-state index contributed by atoms with van der Waals surface area (Å²) in [6, 6.07) is 5.98. The van der Waals surface area contributed by atoms with E-state index in [1.807, 2.05) is 19.2 Å². The molecule has 0 unspecified atom stereocenters. The average Bonchev–Trinajstić information content (AvgIpc) is 2.43. The van der Waals surface area contributed by atoms with Crippen molar-refractivity contribution < 1.29 is 4.74 Å². The monoisotopic (exact) mass is 282 g/mol. The Labute approximate surface area is 120 Å². The van der Waals surface area contributed by atoms with Gasteiger partial charge in [0.15, 0.2) is 0 Å². The number of nitrogens with one attached hydrogen (secondary N) is 1. The van der Waals surface area contributed by atoms with Crippen LogP contribution in [-0.4, -0.2) is 38.2 Å². The summed E-state index contributed by atoms with van der Waals surface area (Å²) in [5.41, 5.74) is 1.18. The highest BCUT2D eigenvalue weighted by Gasteiger charge is 2.10. The van der Waals surface area contributed by atoms with E-state index in [0.29, 0.717) is 11.6 Å². The lowest BCUT2D eigenvalue weighted by Gasteiger charge is -2.26. The molecule has 1 heterocycles. The molecule has 1 N–H and O–H groups in total. The largest absolute Gasteiger partial charge is 0.491 e. The number of rotatable bonds is 6. The van der Waals surface area contributed by atoms with Gasteiger partial charge in [0.2, 0.25) is 0 Å². The minimum absolute atomic E-state index is 0.700. The molecular weight excluding hydrogens is 260 g/mol. The van der Waals surface area contributed by atoms with Crippen LogP contribution in [0.1, 0.15) is 24.8 Å². The third-order valence-corrected chi connectivity index (χ3v) is 3.79. The van der Waals surface area contributed by atoms with Gasteiger partial charge in [0, 0.05) is 13.1 Å². The second kappa shape index (κ2) is 7.73. The predicted molar refractivity (Wildman–Crippen MR) is 80.0 cm³/mol. The molecule has 0 radical (unpaired) electrons. The first kappa shape index (κ1) is 14.6. The molecule has 0 atom stereocenters. The van der Waals surface area contributed by atoms with Gasteiger partial charge in [-0.05, 0) is 50.7 Å². The van der Waals surface area contributed by atoms with Crippen LogP contribution in [0.5, 0.6) is 5.75 Å². The van der Waals surface area contributed by atoms with Gasteiger partial charge >= 0.3 is 0 Å². The van der Waals surface area contributed by atoms with Crippen molar-refractivity contribution in [3.05, 3.63) is 28.8 Å². The zero-order chi connectivity index (χ0) is 13.5. The minimum atomic E-state index is 0.700. The molecule has 1 aliphatic heterocycles. The quantitative estimate of drug-likeness (QED) is 0.868. The molecule has 19 heavy (non-hydrogen) atoms. The normalized spacial score (nSPS) is 16.5. The number of ether oxygens (including phenoxy) is 1. The molecule has 0 spiro atoms. The molecule has 4 heteroatoms. The molecule has 1 aromatic rings. The van der Waals surface area contributed by atoms with E-state index in [1.54, 1.807) is 0 Å². The van der Waals surface area contributed by atoms with Crippen molar-refractivity contribution in [3.63, 3.8) is 0 Å². The lowest BCUT2D eigenvalue weighted by atomic mass is 10.1. The Morgan fingerprint density at radius 2 is 2.05 bits per heavy atom. The molecule has 0 amide bonds. The van der Waals surface area contributed by atoms with Crippen LogP contribution < -0.4 is 10.1 Å². The van der Waals surface area contributed by atoms with Gasteiger partial charge in [0.25, 0.3) is 0 Å². The van der Waals surface area contributed by atoms with Crippen molar-refractivity contribution in [2.24, 2.45) is 0 Å². The number of likely N-dealkylation sites (tertiary alicyclic amines) is 1. The number of benzene rings is 1. The fraction of sp³-hybridized carbons (Fsp3) is 0.600. The summed E-state index contributed by atoms with van der Waals surface area (Å²) >= 11 is 6.22. The maximum Gasteiger partial charge on any atom is 0.137 e. The van der Waals surface area contributed by atoms with Gasteiger partial charge in [-0.3, -0.25) is 4.90 Å². The second-order valence-corrected chi connectivity index (χ2v) is 5.45. The van der Waals surface area contributed by atoms with Crippen LogP contribution in [0.15, 0.2) is 18.2 Å². The molecule has 1 fully saturated rings. The Balaban J connectivity index is 1.78. The van der Waals surface area contributed by atoms with Gasteiger partial charge in [-0.15, -0.1) is 0 Å². The topological polar surface area (TPSA) is 24.5 Å². The van der Waals surface area contributed by atoms with Crippen LogP contribution in [0.2, 0.25) is 5.02 Å². The molecular formula is C15H23ClN2O.